The van der Waals surface area contributed by atoms with Crippen LogP contribution in [0.1, 0.15) is 43.6 Å². The fourth-order valence-electron chi connectivity index (χ4n) is 3.98. The van der Waals surface area contributed by atoms with Crippen LogP contribution in [0.4, 0.5) is 5.69 Å². The lowest BCUT2D eigenvalue weighted by molar-refractivity contribution is -0.134. The molecule has 2 saturated heterocycles. The van der Waals surface area contributed by atoms with E-state index in [2.05, 4.69) is 10.2 Å². The summed E-state index contributed by atoms with van der Waals surface area (Å²) in [6.07, 6.45) is 3.79. The number of amides is 2. The number of piperidine rings is 2. The third-order valence-corrected chi connectivity index (χ3v) is 5.92. The highest BCUT2D eigenvalue weighted by Crippen LogP contribution is 2.35. The highest BCUT2D eigenvalue weighted by molar-refractivity contribution is 6.33. The van der Waals surface area contributed by atoms with E-state index in [4.69, 9.17) is 21.1 Å². The third kappa shape index (κ3) is 4.81. The van der Waals surface area contributed by atoms with Crippen molar-refractivity contribution in [2.45, 2.75) is 44.3 Å². The second-order valence-corrected chi connectivity index (χ2v) is 7.69. The van der Waals surface area contributed by atoms with Crippen molar-refractivity contribution in [2.75, 3.05) is 32.2 Å². The molecule has 0 radical (unpaired) electrons. The molecular formula is C20H27ClN2O4. The Balaban J connectivity index is 1.62. The van der Waals surface area contributed by atoms with Crippen LogP contribution in [0.2, 0.25) is 5.02 Å². The first-order valence-corrected chi connectivity index (χ1v) is 9.83. The summed E-state index contributed by atoms with van der Waals surface area (Å²) < 4.78 is 10.6. The molecule has 0 bridgehead atoms. The highest BCUT2D eigenvalue weighted by Gasteiger charge is 2.29. The molecule has 0 aliphatic carbocycles. The maximum Gasteiger partial charge on any atom is 0.234 e. The summed E-state index contributed by atoms with van der Waals surface area (Å²) in [5.74, 6) is -0.166. The van der Waals surface area contributed by atoms with Gasteiger partial charge < -0.3 is 14.4 Å². The number of nitrogens with zero attached hydrogens (tertiary/aromatic N) is 1. The molecule has 148 valence electrons. The molecule has 0 aromatic heterocycles. The lowest BCUT2D eigenvalue weighted by Gasteiger charge is -2.35. The Kier molecular flexibility index (Phi) is 6.73. The molecule has 3 rings (SSSR count). The third-order valence-electron chi connectivity index (χ3n) is 5.62. The van der Waals surface area contributed by atoms with Crippen LogP contribution in [-0.4, -0.2) is 45.4 Å². The molecular weight excluding hydrogens is 368 g/mol. The zero-order chi connectivity index (χ0) is 19.4. The van der Waals surface area contributed by atoms with E-state index in [1.165, 1.54) is 0 Å². The Morgan fingerprint density at radius 2 is 1.89 bits per heavy atom. The predicted octanol–water partition coefficient (Wildman–Crippen LogP) is 3.09. The van der Waals surface area contributed by atoms with Crippen LogP contribution in [0.5, 0.6) is 0 Å². The SMILES string of the molecule is COC(CC1CCN(c2ccc(C3CCC(=O)NC3=O)cc2Cl)CC1)OC. The van der Waals surface area contributed by atoms with E-state index in [0.29, 0.717) is 23.8 Å². The summed E-state index contributed by atoms with van der Waals surface area (Å²) in [4.78, 5) is 25.7. The van der Waals surface area contributed by atoms with Gasteiger partial charge in [-0.1, -0.05) is 17.7 Å². The number of anilines is 1. The molecule has 2 fully saturated rings. The number of halogens is 1. The zero-order valence-electron chi connectivity index (χ0n) is 15.9. The topological polar surface area (TPSA) is 67.9 Å². The standard InChI is InChI=1S/C20H27ClN2O4/c1-26-19(27-2)11-13-7-9-23(10-8-13)17-5-3-14(12-16(17)21)15-4-6-18(24)22-20(15)25/h3,5,12-13,15,19H,4,6-11H2,1-2H3,(H,22,24,25). The van der Waals surface area contributed by atoms with E-state index >= 15 is 0 Å². The number of carbonyl (C=O) groups excluding carboxylic acids is 2. The normalized spacial score (nSPS) is 21.6. The Hall–Kier alpha value is -1.63. The van der Waals surface area contributed by atoms with Crippen molar-refractivity contribution in [1.82, 2.24) is 5.32 Å². The van der Waals surface area contributed by atoms with Gasteiger partial charge in [-0.05, 0) is 42.9 Å². The lowest BCUT2D eigenvalue weighted by Crippen LogP contribution is -2.39. The number of hydrogen-bond donors (Lipinski definition) is 1. The monoisotopic (exact) mass is 394 g/mol. The molecule has 6 nitrogen and oxygen atoms in total. The van der Waals surface area contributed by atoms with Crippen molar-refractivity contribution in [2.24, 2.45) is 5.92 Å². The van der Waals surface area contributed by atoms with E-state index in [-0.39, 0.29) is 24.0 Å². The van der Waals surface area contributed by atoms with Crippen molar-refractivity contribution in [3.63, 3.8) is 0 Å². The summed E-state index contributed by atoms with van der Waals surface area (Å²) in [6.45, 7) is 1.87. The zero-order valence-corrected chi connectivity index (χ0v) is 16.6. The van der Waals surface area contributed by atoms with Gasteiger partial charge in [-0.2, -0.15) is 0 Å². The second kappa shape index (κ2) is 9.04. The minimum absolute atomic E-state index is 0.141. The van der Waals surface area contributed by atoms with Crippen LogP contribution in [0.15, 0.2) is 18.2 Å². The van der Waals surface area contributed by atoms with Gasteiger partial charge in [-0.15, -0.1) is 0 Å². The summed E-state index contributed by atoms with van der Waals surface area (Å²) in [7, 11) is 3.35. The molecule has 1 N–H and O–H groups in total. The average Bonchev–Trinajstić information content (AvgIpc) is 2.66. The molecule has 0 spiro atoms. The van der Waals surface area contributed by atoms with Crippen LogP contribution in [0.25, 0.3) is 0 Å². The molecule has 2 aliphatic rings. The number of benzene rings is 1. The Morgan fingerprint density at radius 3 is 2.48 bits per heavy atom. The van der Waals surface area contributed by atoms with E-state index in [0.717, 1.165) is 43.6 Å². The first-order chi connectivity index (χ1) is 13.0. The Bertz CT molecular complexity index is 685. The fraction of sp³-hybridized carbons (Fsp3) is 0.600. The molecule has 27 heavy (non-hydrogen) atoms. The number of hydrogen-bond acceptors (Lipinski definition) is 5. The van der Waals surface area contributed by atoms with Gasteiger partial charge in [0.2, 0.25) is 11.8 Å². The summed E-state index contributed by atoms with van der Waals surface area (Å²) >= 11 is 6.54. The predicted molar refractivity (Wildman–Crippen MR) is 104 cm³/mol. The molecule has 0 saturated carbocycles. The van der Waals surface area contributed by atoms with Gasteiger partial charge in [-0.3, -0.25) is 14.9 Å². The lowest BCUT2D eigenvalue weighted by atomic mass is 9.90. The largest absolute Gasteiger partial charge is 0.370 e. The van der Waals surface area contributed by atoms with Gasteiger partial charge in [0.05, 0.1) is 16.6 Å². The molecule has 2 heterocycles. The number of methoxy groups -OCH3 is 2. The molecule has 2 aliphatic heterocycles. The van der Waals surface area contributed by atoms with E-state index in [9.17, 15) is 9.59 Å². The van der Waals surface area contributed by atoms with E-state index < -0.39 is 0 Å². The molecule has 1 aromatic carbocycles. The molecule has 1 atom stereocenters. The van der Waals surface area contributed by atoms with Crippen molar-refractivity contribution >= 4 is 29.1 Å². The van der Waals surface area contributed by atoms with E-state index in [1.807, 2.05) is 18.2 Å². The summed E-state index contributed by atoms with van der Waals surface area (Å²) in [5, 5.41) is 3.06. The van der Waals surface area contributed by atoms with Gasteiger partial charge in [-0.25, -0.2) is 0 Å². The van der Waals surface area contributed by atoms with Crippen molar-refractivity contribution in [3.8, 4) is 0 Å². The van der Waals surface area contributed by atoms with Gasteiger partial charge >= 0.3 is 0 Å². The second-order valence-electron chi connectivity index (χ2n) is 7.28. The van der Waals surface area contributed by atoms with Gasteiger partial charge in [0, 0.05) is 40.2 Å². The van der Waals surface area contributed by atoms with Gasteiger partial charge in [0.1, 0.15) is 0 Å². The van der Waals surface area contributed by atoms with Crippen LogP contribution < -0.4 is 10.2 Å². The number of rotatable bonds is 6. The van der Waals surface area contributed by atoms with Crippen LogP contribution in [-0.2, 0) is 19.1 Å². The van der Waals surface area contributed by atoms with Crippen LogP contribution >= 0.6 is 11.6 Å². The minimum atomic E-state index is -0.306. The first kappa shape index (κ1) is 20.1. The van der Waals surface area contributed by atoms with Crippen LogP contribution in [0.3, 0.4) is 0 Å². The maximum absolute atomic E-state index is 12.1. The van der Waals surface area contributed by atoms with Crippen LogP contribution in [0, 0.1) is 5.92 Å². The molecule has 1 aromatic rings. The maximum atomic E-state index is 12.1. The van der Waals surface area contributed by atoms with Crippen molar-refractivity contribution < 1.29 is 19.1 Å². The van der Waals surface area contributed by atoms with Crippen molar-refractivity contribution in [1.29, 1.82) is 0 Å². The molecule has 2 amide bonds. The minimum Gasteiger partial charge on any atom is -0.370 e. The Morgan fingerprint density at radius 1 is 1.19 bits per heavy atom. The van der Waals surface area contributed by atoms with E-state index in [1.54, 1.807) is 14.2 Å². The molecule has 7 heteroatoms. The number of imide groups is 1. The molecule has 1 unspecified atom stereocenters. The average molecular weight is 395 g/mol. The first-order valence-electron chi connectivity index (χ1n) is 9.45. The quantitative estimate of drug-likeness (QED) is 0.593. The Labute approximate surface area is 165 Å². The number of ether oxygens (including phenoxy) is 2. The van der Waals surface area contributed by atoms with Crippen molar-refractivity contribution in [3.05, 3.63) is 28.8 Å². The fourth-order valence-corrected chi connectivity index (χ4v) is 4.29. The highest BCUT2D eigenvalue weighted by atomic mass is 35.5. The summed E-state index contributed by atoms with van der Waals surface area (Å²) in [5.41, 5.74) is 1.87. The number of carbonyl (C=O) groups is 2. The smallest absolute Gasteiger partial charge is 0.234 e. The summed E-state index contributed by atoms with van der Waals surface area (Å²) in [6, 6.07) is 5.82. The van der Waals surface area contributed by atoms with Gasteiger partial charge in [0.25, 0.3) is 0 Å². The van der Waals surface area contributed by atoms with Gasteiger partial charge in [0.15, 0.2) is 6.29 Å². The number of nitrogens with one attached hydrogen (secondary N) is 1.